The summed E-state index contributed by atoms with van der Waals surface area (Å²) in [5.41, 5.74) is 46.6. The summed E-state index contributed by atoms with van der Waals surface area (Å²) in [7, 11) is 8.65. The van der Waals surface area contributed by atoms with Gasteiger partial charge in [-0.15, -0.1) is 0 Å². The second-order valence-corrected chi connectivity index (χ2v) is 40.2. The van der Waals surface area contributed by atoms with E-state index >= 15 is 0 Å². The van der Waals surface area contributed by atoms with E-state index in [1.54, 1.807) is 0 Å². The van der Waals surface area contributed by atoms with E-state index in [-0.39, 0.29) is 21.7 Å². The Morgan fingerprint density at radius 1 is 0.129 bits per heavy atom. The van der Waals surface area contributed by atoms with Crippen LogP contribution in [0, 0.1) is 0 Å². The molecule has 4 heteroatoms. The molecule has 0 saturated heterocycles. The van der Waals surface area contributed by atoms with Crippen LogP contribution in [0.1, 0.15) is 99.9 Å². The predicted octanol–water partition coefficient (Wildman–Crippen LogP) is 36.5. The molecule has 0 fully saturated rings. The Kier molecular flexibility index (Phi) is 23.0. The second kappa shape index (κ2) is 36.3. The minimum Gasteiger partial charge on any atom is -0.345 e. The molecule has 0 spiro atoms. The van der Waals surface area contributed by atoms with Crippen LogP contribution >= 0.6 is 0 Å². The molecule has 678 valence electrons. The highest BCUT2D eigenvalue weighted by atomic mass is 15.1. The molecule has 0 radical (unpaired) electrons. The Hall–Kier alpha value is -16.4. The van der Waals surface area contributed by atoms with Gasteiger partial charge in [-0.05, 0) is 309 Å². The largest absolute Gasteiger partial charge is 0.345 e. The number of hydrogen-bond donors (Lipinski definition) is 0. The van der Waals surface area contributed by atoms with E-state index in [9.17, 15) is 0 Å². The predicted molar refractivity (Wildman–Crippen MR) is 599 cm³/mol. The van der Waals surface area contributed by atoms with Crippen LogP contribution in [-0.2, 0) is 21.7 Å². The molecule has 4 nitrogen and oxygen atoms in total. The van der Waals surface area contributed by atoms with Gasteiger partial charge in [-0.3, -0.25) is 0 Å². The number of anilines is 8. The Bertz CT molecular complexity index is 8210. The van der Waals surface area contributed by atoms with Crippen LogP contribution in [0.15, 0.2) is 473 Å². The van der Waals surface area contributed by atoms with E-state index in [2.05, 4.69) is 576 Å². The summed E-state index contributed by atoms with van der Waals surface area (Å²) in [5.74, 6) is 0. The Labute approximate surface area is 825 Å². The van der Waals surface area contributed by atoms with Crippen molar-refractivity contribution in [3.8, 4) is 111 Å². The summed E-state index contributed by atoms with van der Waals surface area (Å²) in [6, 6.07) is 172. The average Bonchev–Trinajstić information content (AvgIpc) is 1.57. The summed E-state index contributed by atoms with van der Waals surface area (Å²) in [6.45, 7) is 18.7. The molecule has 0 heterocycles. The van der Waals surface area contributed by atoms with Gasteiger partial charge >= 0.3 is 0 Å². The molecule has 0 saturated carbocycles. The summed E-state index contributed by atoms with van der Waals surface area (Å²) in [6.07, 6.45) is 0. The summed E-state index contributed by atoms with van der Waals surface area (Å²) in [5, 5.41) is 7.73. The van der Waals surface area contributed by atoms with Crippen molar-refractivity contribution in [1.82, 2.24) is 0 Å². The van der Waals surface area contributed by atoms with Crippen LogP contribution in [0.2, 0.25) is 0 Å². The van der Waals surface area contributed by atoms with Gasteiger partial charge in [0.1, 0.15) is 0 Å². The van der Waals surface area contributed by atoms with Crippen molar-refractivity contribution in [2.24, 2.45) is 0 Å². The fourth-order valence-corrected chi connectivity index (χ4v) is 22.4. The lowest BCUT2D eigenvalue weighted by Crippen LogP contribution is -2.16. The van der Waals surface area contributed by atoms with Gasteiger partial charge < -0.3 is 19.6 Å². The van der Waals surface area contributed by atoms with Crippen LogP contribution in [0.5, 0.6) is 0 Å². The van der Waals surface area contributed by atoms with Gasteiger partial charge in [-0.1, -0.05) is 407 Å². The zero-order valence-electron chi connectivity index (χ0n) is 81.8. The van der Waals surface area contributed by atoms with Crippen molar-refractivity contribution in [3.05, 3.63) is 518 Å². The third-order valence-corrected chi connectivity index (χ3v) is 30.6. The molecular formula is C136H114N4. The molecule has 21 aromatic carbocycles. The van der Waals surface area contributed by atoms with Crippen LogP contribution in [0.25, 0.3) is 144 Å². The molecule has 0 unspecified atom stereocenters. The van der Waals surface area contributed by atoms with Crippen LogP contribution in [0.3, 0.4) is 0 Å². The lowest BCUT2D eigenvalue weighted by molar-refractivity contribution is 0.660. The molecule has 4 aliphatic carbocycles. The summed E-state index contributed by atoms with van der Waals surface area (Å²) in [4.78, 5) is 9.17. The first-order valence-electron chi connectivity index (χ1n) is 49.1. The maximum Gasteiger partial charge on any atom is 0.0420 e. The fourth-order valence-electron chi connectivity index (χ4n) is 22.4. The van der Waals surface area contributed by atoms with Gasteiger partial charge in [0.05, 0.1) is 0 Å². The summed E-state index contributed by atoms with van der Waals surface area (Å²) < 4.78 is 0. The van der Waals surface area contributed by atoms with E-state index in [1.165, 1.54) is 234 Å². The number of hydrogen-bond acceptors (Lipinski definition) is 4. The molecule has 0 aromatic heterocycles. The zero-order chi connectivity index (χ0) is 95.7. The normalized spacial score (nSPS) is 13.4. The maximum absolute atomic E-state index is 2.38. The first-order chi connectivity index (χ1) is 68.1. The Morgan fingerprint density at radius 2 is 0.386 bits per heavy atom. The number of nitrogens with zero attached hydrogens (tertiary/aromatic N) is 4. The van der Waals surface area contributed by atoms with Gasteiger partial charge in [0.15, 0.2) is 0 Å². The fraction of sp³-hybridized carbons (Fsp3) is 0.118. The van der Waals surface area contributed by atoms with E-state index in [0.717, 1.165) is 0 Å². The quantitative estimate of drug-likeness (QED) is 0.101. The van der Waals surface area contributed by atoms with E-state index in [4.69, 9.17) is 0 Å². The second-order valence-electron chi connectivity index (χ2n) is 40.2. The number of benzene rings is 21. The van der Waals surface area contributed by atoms with Crippen molar-refractivity contribution < 1.29 is 0 Å². The molecule has 140 heavy (non-hydrogen) atoms. The highest BCUT2D eigenvalue weighted by Crippen LogP contribution is 2.55. The third kappa shape index (κ3) is 16.3. The number of fused-ring (bicyclic) bond motifs is 16. The molecule has 0 atom stereocenters. The van der Waals surface area contributed by atoms with E-state index in [0.29, 0.717) is 0 Å². The van der Waals surface area contributed by atoms with Crippen molar-refractivity contribution in [2.75, 3.05) is 47.8 Å². The molecule has 0 aliphatic heterocycles. The van der Waals surface area contributed by atoms with Gasteiger partial charge in [-0.25, -0.2) is 0 Å². The molecule has 4 aliphatic rings. The smallest absolute Gasteiger partial charge is 0.0420 e. The highest BCUT2D eigenvalue weighted by molar-refractivity contribution is 6.14. The Balaban J connectivity index is 0.000000107. The van der Waals surface area contributed by atoms with Crippen molar-refractivity contribution in [3.63, 3.8) is 0 Å². The standard InChI is InChI=1S/C36H29N.2C34H29N.C32H27N/c1-36(2)34-15-9-8-14-31(34)32-21-20-27(23-35(32)36)37(3)26-18-16-24(17-19-26)33-22-25-10-4-5-11-28(25)29-12-6-7-13-30(29)33;1-34(2)32-17-11-10-16-30(32)31-19-18-28(23-33(31)34)35(3)29-21-26(24-12-6-4-7-13-24)20-27(22-29)25-14-8-5-9-15-25;1-34(2)32-15-8-7-14-30(32)31-21-20-29(23-33(31)34)35(3)28-18-16-25(17-19-28)27-13-9-12-26(22-27)24-10-5-4-6-11-24;1-32(2)30-11-7-6-10-28(30)29-19-18-27(21-31(29)32)33(3)26-16-14-23(15-17-26)25-13-12-22-8-4-5-9-24(22)20-25/h4-23H,1-3H3;2*4-23H,1-3H3;4-21H,1-3H3. The van der Waals surface area contributed by atoms with Gasteiger partial charge in [-0.2, -0.15) is 0 Å². The lowest BCUT2D eigenvalue weighted by atomic mass is 9.82. The van der Waals surface area contributed by atoms with E-state index in [1.807, 2.05) is 0 Å². The summed E-state index contributed by atoms with van der Waals surface area (Å²) >= 11 is 0. The van der Waals surface area contributed by atoms with Gasteiger partial charge in [0.25, 0.3) is 0 Å². The van der Waals surface area contributed by atoms with Gasteiger partial charge in [0.2, 0.25) is 0 Å². The minimum absolute atomic E-state index is 0.00374. The van der Waals surface area contributed by atoms with Crippen molar-refractivity contribution >= 4 is 77.8 Å². The Morgan fingerprint density at radius 3 is 0.771 bits per heavy atom. The lowest BCUT2D eigenvalue weighted by Gasteiger charge is -2.25. The molecule has 25 rings (SSSR count). The monoisotopic (exact) mass is 1800 g/mol. The first kappa shape index (κ1) is 88.9. The van der Waals surface area contributed by atoms with Crippen LogP contribution in [-0.4, -0.2) is 28.2 Å². The number of rotatable bonds is 14. The van der Waals surface area contributed by atoms with Crippen molar-refractivity contribution in [2.45, 2.75) is 77.0 Å². The molecule has 0 N–H and O–H groups in total. The zero-order valence-corrected chi connectivity index (χ0v) is 81.8. The highest BCUT2D eigenvalue weighted by Gasteiger charge is 2.40. The average molecular weight is 1800 g/mol. The third-order valence-electron chi connectivity index (χ3n) is 30.6. The first-order valence-corrected chi connectivity index (χ1v) is 49.1. The van der Waals surface area contributed by atoms with Crippen molar-refractivity contribution in [1.29, 1.82) is 0 Å². The topological polar surface area (TPSA) is 13.0 Å². The van der Waals surface area contributed by atoms with Crippen LogP contribution in [0.4, 0.5) is 45.5 Å². The molecule has 21 aromatic rings. The molecule has 0 amide bonds. The van der Waals surface area contributed by atoms with Gasteiger partial charge in [0, 0.05) is 95.3 Å². The molecule has 0 bridgehead atoms. The maximum atomic E-state index is 2.38. The van der Waals surface area contributed by atoms with Crippen LogP contribution < -0.4 is 19.6 Å². The minimum atomic E-state index is -0.0101. The SMILES string of the molecule is CN(c1cc(-c2ccccc2)cc(-c2ccccc2)c1)c1ccc2c(c1)C(C)(C)c1ccccc1-2.CN(c1ccc(-c2cc3ccccc3c3ccccc23)cc1)c1ccc2c(c1)C(C)(C)c1ccccc1-2.CN(c1ccc(-c2ccc3ccccc3c2)cc1)c1ccc2c(c1)C(C)(C)c1ccccc1-2.CN(c1ccc(-c2cccc(-c3ccccc3)c2)cc1)c1ccc2c(c1)C(C)(C)c1ccccc1-2. The molecular weight excluding hydrogens is 1690 g/mol. The van der Waals surface area contributed by atoms with E-state index < -0.39 is 0 Å².